The third-order valence-electron chi connectivity index (χ3n) is 7.35. The number of hydrogen-bond acceptors (Lipinski definition) is 8. The lowest BCUT2D eigenvalue weighted by Gasteiger charge is -2.31. The zero-order chi connectivity index (χ0) is 23.9. The van der Waals surface area contributed by atoms with Crippen molar-refractivity contribution in [1.29, 1.82) is 0 Å². The molecule has 2 fully saturated rings. The van der Waals surface area contributed by atoms with E-state index in [1.807, 2.05) is 18.5 Å². The Morgan fingerprint density at radius 1 is 0.857 bits per heavy atom. The highest BCUT2D eigenvalue weighted by Gasteiger charge is 2.24. The van der Waals surface area contributed by atoms with Gasteiger partial charge >= 0.3 is 0 Å². The number of nitrogens with one attached hydrogen (secondary N) is 1. The van der Waals surface area contributed by atoms with Crippen LogP contribution in [0.15, 0.2) is 49.1 Å². The highest BCUT2D eigenvalue weighted by Crippen LogP contribution is 2.27. The van der Waals surface area contributed by atoms with Gasteiger partial charge in [0.15, 0.2) is 0 Å². The number of hydrogen-bond donors (Lipinski definition) is 1. The maximum Gasteiger partial charge on any atom is 0.230 e. The van der Waals surface area contributed by atoms with Crippen molar-refractivity contribution < 1.29 is 0 Å². The zero-order valence-corrected chi connectivity index (χ0v) is 20.7. The molecule has 0 aliphatic carbocycles. The van der Waals surface area contributed by atoms with Gasteiger partial charge in [0.05, 0.1) is 0 Å². The fourth-order valence-corrected chi connectivity index (χ4v) is 5.10. The Hall–Kier alpha value is -3.13. The molecular weight excluding hydrogens is 436 g/mol. The van der Waals surface area contributed by atoms with Gasteiger partial charge in [-0.15, -0.1) is 0 Å². The molecule has 2 aliphatic heterocycles. The molecule has 1 aromatic carbocycles. The lowest BCUT2D eigenvalue weighted by molar-refractivity contribution is 0.215. The molecule has 184 valence electrons. The molecule has 0 saturated carbocycles. The fourth-order valence-electron chi connectivity index (χ4n) is 5.10. The summed E-state index contributed by atoms with van der Waals surface area (Å²) in [5, 5.41) is 3.42. The van der Waals surface area contributed by atoms with Crippen molar-refractivity contribution in [2.45, 2.75) is 44.4 Å². The lowest BCUT2D eigenvalue weighted by Crippen LogP contribution is -2.34. The standard InChI is InChI=1S/C27H36N8/c1-34-13-8-21(9-14-34)7-12-28-26-31-20-32-27(33-26)35-15-10-24(11-16-35)25-29-18-23(19-30-25)17-22-5-3-2-4-6-22/h2-6,18-21,24H,7-17H2,1H3,(H,28,31,32,33). The van der Waals surface area contributed by atoms with Gasteiger partial charge < -0.3 is 15.1 Å². The first-order valence-electron chi connectivity index (χ1n) is 12.9. The monoisotopic (exact) mass is 472 g/mol. The molecule has 0 spiro atoms. The van der Waals surface area contributed by atoms with E-state index in [9.17, 15) is 0 Å². The molecule has 0 amide bonds. The molecular formula is C27H36N8. The molecule has 0 unspecified atom stereocenters. The predicted molar refractivity (Wildman–Crippen MR) is 139 cm³/mol. The Bertz CT molecular complexity index is 1040. The molecule has 1 N–H and O–H groups in total. The van der Waals surface area contributed by atoms with Gasteiger partial charge in [-0.1, -0.05) is 30.3 Å². The number of piperidine rings is 2. The number of likely N-dealkylation sites (tertiary alicyclic amines) is 1. The van der Waals surface area contributed by atoms with Crippen molar-refractivity contribution in [3.05, 3.63) is 66.0 Å². The Kier molecular flexibility index (Phi) is 7.78. The summed E-state index contributed by atoms with van der Waals surface area (Å²) >= 11 is 0. The highest BCUT2D eigenvalue weighted by molar-refractivity contribution is 5.36. The van der Waals surface area contributed by atoms with Gasteiger partial charge in [-0.2, -0.15) is 4.98 Å². The smallest absolute Gasteiger partial charge is 0.230 e. The molecule has 2 saturated heterocycles. The second-order valence-electron chi connectivity index (χ2n) is 9.94. The average molecular weight is 473 g/mol. The first-order valence-corrected chi connectivity index (χ1v) is 12.9. The summed E-state index contributed by atoms with van der Waals surface area (Å²) < 4.78 is 0. The molecule has 0 radical (unpaired) electrons. The quantitative estimate of drug-likeness (QED) is 0.530. The van der Waals surface area contributed by atoms with Crippen molar-refractivity contribution >= 4 is 11.9 Å². The van der Waals surface area contributed by atoms with Crippen LogP contribution in [0.5, 0.6) is 0 Å². The summed E-state index contributed by atoms with van der Waals surface area (Å²) in [6.45, 7) is 5.13. The van der Waals surface area contributed by atoms with Gasteiger partial charge in [-0.3, -0.25) is 0 Å². The van der Waals surface area contributed by atoms with Gasteiger partial charge in [-0.25, -0.2) is 19.9 Å². The van der Waals surface area contributed by atoms with E-state index in [4.69, 9.17) is 15.0 Å². The molecule has 35 heavy (non-hydrogen) atoms. The number of nitrogens with zero attached hydrogens (tertiary/aromatic N) is 7. The largest absolute Gasteiger partial charge is 0.354 e. The molecule has 2 aliphatic rings. The van der Waals surface area contributed by atoms with Gasteiger partial charge in [0.25, 0.3) is 0 Å². The van der Waals surface area contributed by atoms with E-state index >= 15 is 0 Å². The van der Waals surface area contributed by atoms with Crippen molar-refractivity contribution in [2.24, 2.45) is 5.92 Å². The molecule has 2 aromatic heterocycles. The van der Waals surface area contributed by atoms with E-state index in [2.05, 4.69) is 56.4 Å². The Balaban J connectivity index is 1.09. The summed E-state index contributed by atoms with van der Waals surface area (Å²) in [6, 6.07) is 10.5. The van der Waals surface area contributed by atoms with E-state index < -0.39 is 0 Å². The van der Waals surface area contributed by atoms with Gasteiger partial charge in [0.2, 0.25) is 11.9 Å². The third-order valence-corrected chi connectivity index (χ3v) is 7.35. The van der Waals surface area contributed by atoms with Gasteiger partial charge in [-0.05, 0) is 69.3 Å². The number of rotatable bonds is 8. The summed E-state index contributed by atoms with van der Waals surface area (Å²) in [7, 11) is 2.21. The predicted octanol–water partition coefficient (Wildman–Crippen LogP) is 3.78. The maximum absolute atomic E-state index is 4.70. The molecule has 0 atom stereocenters. The molecule has 0 bridgehead atoms. The lowest BCUT2D eigenvalue weighted by atomic mass is 9.94. The number of anilines is 2. The summed E-state index contributed by atoms with van der Waals surface area (Å²) in [4.78, 5) is 27.6. The van der Waals surface area contributed by atoms with Crippen LogP contribution in [0.25, 0.3) is 0 Å². The van der Waals surface area contributed by atoms with E-state index in [1.165, 1.54) is 37.9 Å². The van der Waals surface area contributed by atoms with Crippen LogP contribution in [0.4, 0.5) is 11.9 Å². The normalized spacial score (nSPS) is 18.0. The SMILES string of the molecule is CN1CCC(CCNc2ncnc(N3CCC(c4ncc(Cc5ccccc5)cn4)CC3)n2)CC1. The number of benzene rings is 1. The van der Waals surface area contributed by atoms with Crippen LogP contribution < -0.4 is 10.2 Å². The van der Waals surface area contributed by atoms with Gasteiger partial charge in [0.1, 0.15) is 12.2 Å². The van der Waals surface area contributed by atoms with Crippen LogP contribution in [-0.2, 0) is 6.42 Å². The molecule has 8 nitrogen and oxygen atoms in total. The third kappa shape index (κ3) is 6.51. The van der Waals surface area contributed by atoms with Crippen LogP contribution >= 0.6 is 0 Å². The van der Waals surface area contributed by atoms with E-state index in [1.54, 1.807) is 6.33 Å². The molecule has 3 aromatic rings. The number of aromatic nitrogens is 5. The van der Waals surface area contributed by atoms with E-state index in [0.29, 0.717) is 11.9 Å². The van der Waals surface area contributed by atoms with Crippen LogP contribution in [0.2, 0.25) is 0 Å². The Morgan fingerprint density at radius 2 is 1.60 bits per heavy atom. The topological polar surface area (TPSA) is 83.0 Å². The molecule has 4 heterocycles. The fraction of sp³-hybridized carbons (Fsp3) is 0.519. The first kappa shape index (κ1) is 23.6. The van der Waals surface area contributed by atoms with Crippen molar-refractivity contribution in [1.82, 2.24) is 29.8 Å². The summed E-state index contributed by atoms with van der Waals surface area (Å²) in [6.07, 6.45) is 12.2. The minimum absolute atomic E-state index is 0.381. The van der Waals surface area contributed by atoms with E-state index in [-0.39, 0.29) is 0 Å². The van der Waals surface area contributed by atoms with Crippen molar-refractivity contribution in [2.75, 3.05) is 50.0 Å². The van der Waals surface area contributed by atoms with Crippen molar-refractivity contribution in [3.63, 3.8) is 0 Å². The van der Waals surface area contributed by atoms with Crippen LogP contribution in [0.3, 0.4) is 0 Å². The minimum Gasteiger partial charge on any atom is -0.354 e. The van der Waals surface area contributed by atoms with Crippen molar-refractivity contribution in [3.8, 4) is 0 Å². The zero-order valence-electron chi connectivity index (χ0n) is 20.7. The molecule has 5 rings (SSSR count). The Labute approximate surface area is 208 Å². The minimum atomic E-state index is 0.381. The first-order chi connectivity index (χ1) is 17.2. The second kappa shape index (κ2) is 11.5. The van der Waals surface area contributed by atoms with Crippen LogP contribution in [0, 0.1) is 5.92 Å². The highest BCUT2D eigenvalue weighted by atomic mass is 15.3. The summed E-state index contributed by atoms with van der Waals surface area (Å²) in [5.74, 6) is 3.58. The maximum atomic E-state index is 4.70. The second-order valence-corrected chi connectivity index (χ2v) is 9.94. The van der Waals surface area contributed by atoms with E-state index in [0.717, 1.165) is 62.2 Å². The average Bonchev–Trinajstić information content (AvgIpc) is 2.91. The van der Waals surface area contributed by atoms with Crippen LogP contribution in [0.1, 0.15) is 55.0 Å². The van der Waals surface area contributed by atoms with Crippen LogP contribution in [-0.4, -0.2) is 69.6 Å². The summed E-state index contributed by atoms with van der Waals surface area (Å²) in [5.41, 5.74) is 2.43. The Morgan fingerprint density at radius 3 is 2.34 bits per heavy atom. The van der Waals surface area contributed by atoms with Gasteiger partial charge in [0, 0.05) is 44.4 Å². The molecule has 8 heteroatoms.